The van der Waals surface area contributed by atoms with Crippen molar-refractivity contribution in [2.24, 2.45) is 0 Å². The van der Waals surface area contributed by atoms with Crippen LogP contribution in [0.25, 0.3) is 0 Å². The average molecular weight is 234 g/mol. The molecule has 0 aliphatic heterocycles. The van der Waals surface area contributed by atoms with Crippen LogP contribution in [0.1, 0.15) is 6.92 Å². The molecule has 0 atom stereocenters. The van der Waals surface area contributed by atoms with E-state index in [1.165, 1.54) is 3.70 Å². The van der Waals surface area contributed by atoms with Gasteiger partial charge in [-0.2, -0.15) is 4.57 Å². The summed E-state index contributed by atoms with van der Waals surface area (Å²) in [6, 6.07) is 6.20. The highest BCUT2D eigenvalue weighted by Crippen LogP contribution is 1.94. The van der Waals surface area contributed by atoms with Crippen LogP contribution in [-0.4, -0.2) is 0 Å². The van der Waals surface area contributed by atoms with Gasteiger partial charge >= 0.3 is 0 Å². The van der Waals surface area contributed by atoms with E-state index in [0.29, 0.717) is 0 Å². The molecule has 1 heterocycles. The van der Waals surface area contributed by atoms with Gasteiger partial charge in [-0.05, 0) is 13.0 Å². The average Bonchev–Trinajstić information content (AvgIpc) is 1.89. The van der Waals surface area contributed by atoms with Gasteiger partial charge in [-0.1, -0.05) is 0 Å². The Kier molecular flexibility index (Phi) is 2.45. The molecule has 1 rings (SSSR count). The Balaban J connectivity index is 3.01. The smallest absolute Gasteiger partial charge is 0.194 e. The molecule has 0 radical (unpaired) electrons. The van der Waals surface area contributed by atoms with E-state index in [2.05, 4.69) is 46.3 Å². The fraction of sp³-hybridized carbons (Fsp3) is 0.286. The monoisotopic (exact) mass is 234 g/mol. The molecule has 0 aliphatic carbocycles. The lowest BCUT2D eigenvalue weighted by Gasteiger charge is -1.90. The highest BCUT2D eigenvalue weighted by atomic mass is 127. The van der Waals surface area contributed by atoms with E-state index in [0.717, 1.165) is 6.54 Å². The molecule has 2 heteroatoms. The number of hydrogen-bond acceptors (Lipinski definition) is 0. The Morgan fingerprint density at radius 2 is 2.33 bits per heavy atom. The molecule has 0 unspecified atom stereocenters. The zero-order valence-electron chi connectivity index (χ0n) is 5.34. The lowest BCUT2D eigenvalue weighted by atomic mass is 10.5. The molecular weight excluding hydrogens is 225 g/mol. The van der Waals surface area contributed by atoms with E-state index >= 15 is 0 Å². The van der Waals surface area contributed by atoms with Gasteiger partial charge in [0.2, 0.25) is 3.70 Å². The van der Waals surface area contributed by atoms with Crippen molar-refractivity contribution < 1.29 is 4.57 Å². The number of nitrogens with zero attached hydrogens (tertiary/aromatic N) is 1. The maximum absolute atomic E-state index is 2.32. The van der Waals surface area contributed by atoms with E-state index in [4.69, 9.17) is 0 Å². The van der Waals surface area contributed by atoms with Crippen molar-refractivity contribution in [2.75, 3.05) is 0 Å². The van der Waals surface area contributed by atoms with Crippen molar-refractivity contribution in [1.82, 2.24) is 0 Å². The minimum atomic E-state index is 1.05. The first kappa shape index (κ1) is 6.99. The lowest BCUT2D eigenvalue weighted by Crippen LogP contribution is -2.35. The van der Waals surface area contributed by atoms with Crippen LogP contribution in [0.4, 0.5) is 0 Å². The second-order valence-corrected chi connectivity index (χ2v) is 2.91. The van der Waals surface area contributed by atoms with Gasteiger partial charge in [0, 0.05) is 34.7 Å². The summed E-state index contributed by atoms with van der Waals surface area (Å²) in [6.07, 6.45) is 2.09. The van der Waals surface area contributed by atoms with Crippen LogP contribution in [0.2, 0.25) is 0 Å². The maximum Gasteiger partial charge on any atom is 0.241 e. The fourth-order valence-electron chi connectivity index (χ4n) is 0.712. The number of aryl methyl sites for hydroxylation is 1. The van der Waals surface area contributed by atoms with Gasteiger partial charge in [0.1, 0.15) is 6.54 Å². The SMILES string of the molecule is CC[n+]1ccccc1I. The number of aromatic nitrogens is 1. The minimum absolute atomic E-state index is 1.05. The summed E-state index contributed by atoms with van der Waals surface area (Å²) in [5, 5.41) is 0. The molecule has 0 saturated carbocycles. The molecule has 0 bridgehead atoms. The molecule has 9 heavy (non-hydrogen) atoms. The largest absolute Gasteiger partial charge is 0.241 e. The molecule has 1 aromatic heterocycles. The van der Waals surface area contributed by atoms with Gasteiger partial charge in [0.15, 0.2) is 6.20 Å². The van der Waals surface area contributed by atoms with Gasteiger partial charge in [0.25, 0.3) is 0 Å². The van der Waals surface area contributed by atoms with E-state index in [1.54, 1.807) is 0 Å². The van der Waals surface area contributed by atoms with E-state index in [9.17, 15) is 0 Å². The summed E-state index contributed by atoms with van der Waals surface area (Å²) in [7, 11) is 0. The molecule has 0 spiro atoms. The fourth-order valence-corrected chi connectivity index (χ4v) is 1.42. The third-order valence-electron chi connectivity index (χ3n) is 1.23. The zero-order chi connectivity index (χ0) is 6.69. The van der Waals surface area contributed by atoms with Gasteiger partial charge in [0.05, 0.1) is 0 Å². The Morgan fingerprint density at radius 3 is 2.78 bits per heavy atom. The van der Waals surface area contributed by atoms with Crippen molar-refractivity contribution in [3.63, 3.8) is 0 Å². The van der Waals surface area contributed by atoms with Crippen molar-refractivity contribution in [3.8, 4) is 0 Å². The highest BCUT2D eigenvalue weighted by molar-refractivity contribution is 14.1. The van der Waals surface area contributed by atoms with Crippen LogP contribution in [0.3, 0.4) is 0 Å². The summed E-state index contributed by atoms with van der Waals surface area (Å²) in [5.41, 5.74) is 0. The topological polar surface area (TPSA) is 3.88 Å². The normalized spacial score (nSPS) is 9.56. The van der Waals surface area contributed by atoms with Crippen LogP contribution in [0.5, 0.6) is 0 Å². The van der Waals surface area contributed by atoms with Crippen LogP contribution < -0.4 is 4.57 Å². The predicted molar refractivity (Wildman–Crippen MR) is 45.0 cm³/mol. The first-order valence-corrected chi connectivity index (χ1v) is 4.06. The number of rotatable bonds is 1. The van der Waals surface area contributed by atoms with Crippen LogP contribution in [0, 0.1) is 3.70 Å². The standard InChI is InChI=1S/C7H9IN/c1-2-9-6-4-3-5-7(9)8/h3-6H,2H2,1H3/q+1. The molecule has 1 aromatic rings. The first-order chi connectivity index (χ1) is 4.34. The zero-order valence-corrected chi connectivity index (χ0v) is 7.50. The van der Waals surface area contributed by atoms with Crippen LogP contribution in [-0.2, 0) is 6.54 Å². The maximum atomic E-state index is 2.32. The third kappa shape index (κ3) is 1.64. The van der Waals surface area contributed by atoms with Gasteiger partial charge in [-0.3, -0.25) is 0 Å². The quantitative estimate of drug-likeness (QED) is 0.394. The Labute approximate surface area is 68.9 Å². The molecule has 1 nitrogen and oxygen atoms in total. The van der Waals surface area contributed by atoms with Gasteiger partial charge in [-0.25, -0.2) is 0 Å². The minimum Gasteiger partial charge on any atom is -0.194 e. The summed E-state index contributed by atoms with van der Waals surface area (Å²) < 4.78 is 3.48. The van der Waals surface area contributed by atoms with E-state index in [-0.39, 0.29) is 0 Å². The molecule has 0 saturated heterocycles. The van der Waals surface area contributed by atoms with Crippen molar-refractivity contribution in [3.05, 3.63) is 28.1 Å². The number of pyridine rings is 1. The Hall–Kier alpha value is -0.120. The predicted octanol–water partition coefficient (Wildman–Crippen LogP) is 1.60. The lowest BCUT2D eigenvalue weighted by molar-refractivity contribution is -0.705. The molecule has 0 fully saturated rings. The third-order valence-corrected chi connectivity index (χ3v) is 2.21. The molecule has 0 amide bonds. The molecular formula is C7H9IN+. The summed E-state index contributed by atoms with van der Waals surface area (Å²) in [5.74, 6) is 0. The first-order valence-electron chi connectivity index (χ1n) is 2.98. The van der Waals surface area contributed by atoms with Gasteiger partial charge in [-0.15, -0.1) is 0 Å². The van der Waals surface area contributed by atoms with Crippen molar-refractivity contribution in [1.29, 1.82) is 0 Å². The molecule has 48 valence electrons. The second kappa shape index (κ2) is 3.15. The van der Waals surface area contributed by atoms with E-state index in [1.807, 2.05) is 12.1 Å². The molecule has 0 aromatic carbocycles. The molecule has 0 N–H and O–H groups in total. The number of halogens is 1. The van der Waals surface area contributed by atoms with Crippen LogP contribution in [0.15, 0.2) is 24.4 Å². The summed E-state index contributed by atoms with van der Waals surface area (Å²) >= 11 is 2.32. The Bertz CT molecular complexity index is 198. The molecule has 0 aliphatic rings. The van der Waals surface area contributed by atoms with Crippen molar-refractivity contribution in [2.45, 2.75) is 13.5 Å². The van der Waals surface area contributed by atoms with E-state index < -0.39 is 0 Å². The highest BCUT2D eigenvalue weighted by Gasteiger charge is 1.99. The second-order valence-electron chi connectivity index (χ2n) is 1.81. The number of hydrogen-bond donors (Lipinski definition) is 0. The van der Waals surface area contributed by atoms with Crippen molar-refractivity contribution >= 4 is 22.6 Å². The van der Waals surface area contributed by atoms with Gasteiger partial charge < -0.3 is 0 Å². The Morgan fingerprint density at radius 1 is 1.56 bits per heavy atom. The summed E-state index contributed by atoms with van der Waals surface area (Å²) in [6.45, 7) is 3.20. The summed E-state index contributed by atoms with van der Waals surface area (Å²) in [4.78, 5) is 0. The van der Waals surface area contributed by atoms with Crippen LogP contribution >= 0.6 is 22.6 Å².